The average Bonchev–Trinajstić information content (AvgIpc) is 3.31. The molecule has 0 N–H and O–H groups in total. The molecule has 0 bridgehead atoms. The summed E-state index contributed by atoms with van der Waals surface area (Å²) in [6, 6.07) is 27.7. The van der Waals surface area contributed by atoms with Crippen LogP contribution in [0.2, 0.25) is 5.02 Å². The third-order valence-corrected chi connectivity index (χ3v) is 10.8. The summed E-state index contributed by atoms with van der Waals surface area (Å²) in [6.07, 6.45) is 4.53. The van der Waals surface area contributed by atoms with Crippen molar-refractivity contribution in [3.63, 3.8) is 0 Å². The molecule has 7 nitrogen and oxygen atoms in total. The molecule has 0 aromatic heterocycles. The van der Waals surface area contributed by atoms with Crippen LogP contribution < -0.4 is 19.1 Å². The van der Waals surface area contributed by atoms with Gasteiger partial charge in [0.05, 0.1) is 51.0 Å². The number of halogens is 1. The lowest BCUT2D eigenvalue weighted by Gasteiger charge is -2.29. The monoisotopic (exact) mass is 702 g/mol. The first kappa shape index (κ1) is 36.6. The predicted octanol–water partition coefficient (Wildman–Crippen LogP) is 8.63. The van der Waals surface area contributed by atoms with Crippen LogP contribution in [0.1, 0.15) is 61.3 Å². The van der Waals surface area contributed by atoms with Crippen molar-refractivity contribution in [2.24, 2.45) is 5.92 Å². The second-order valence-electron chi connectivity index (χ2n) is 12.5. The lowest BCUT2D eigenvalue weighted by Crippen LogP contribution is -2.32. The summed E-state index contributed by atoms with van der Waals surface area (Å²) in [5, 5.41) is 0.736. The van der Waals surface area contributed by atoms with E-state index in [4.69, 9.17) is 25.8 Å². The van der Waals surface area contributed by atoms with Gasteiger partial charge in [0.25, 0.3) is 0 Å². The zero-order valence-electron chi connectivity index (χ0n) is 28.9. The van der Waals surface area contributed by atoms with Gasteiger partial charge in [0.15, 0.2) is 4.90 Å². The maximum absolute atomic E-state index is 14.5. The second-order valence-corrected chi connectivity index (χ2v) is 14.4. The molecule has 0 fully saturated rings. The van der Waals surface area contributed by atoms with Gasteiger partial charge < -0.3 is 28.5 Å². The fourth-order valence-corrected chi connectivity index (χ4v) is 7.74. The maximum atomic E-state index is 14.5. The zero-order valence-corrected chi connectivity index (χ0v) is 30.5. The summed E-state index contributed by atoms with van der Waals surface area (Å²) < 4.78 is 33.8. The zero-order chi connectivity index (χ0) is 34.8. The van der Waals surface area contributed by atoms with Crippen molar-refractivity contribution >= 4 is 34.9 Å². The van der Waals surface area contributed by atoms with Crippen LogP contribution in [0.4, 0.5) is 5.69 Å². The first-order valence-electron chi connectivity index (χ1n) is 17.0. The van der Waals surface area contributed by atoms with Crippen molar-refractivity contribution in [2.75, 3.05) is 38.8 Å². The number of aryl methyl sites for hydroxylation is 1. The number of nitrogens with zero attached hydrogens (tertiary/aromatic N) is 2. The maximum Gasteiger partial charge on any atom is 0.176 e. The summed E-state index contributed by atoms with van der Waals surface area (Å²) in [5.74, 6) is 2.37. The van der Waals surface area contributed by atoms with Gasteiger partial charge in [0, 0.05) is 36.0 Å². The molecular formula is C40H47ClN2O5S. The van der Waals surface area contributed by atoms with E-state index in [1.54, 1.807) is 14.2 Å². The molecule has 3 atom stereocenters. The molecule has 260 valence electrons. The summed E-state index contributed by atoms with van der Waals surface area (Å²) >= 11 is 4.92. The van der Waals surface area contributed by atoms with Crippen LogP contribution in [0.15, 0.2) is 89.8 Å². The quantitative estimate of drug-likeness (QED) is 0.0855. The van der Waals surface area contributed by atoms with E-state index in [2.05, 4.69) is 24.0 Å². The normalized spacial score (nSPS) is 15.6. The Morgan fingerprint density at radius 1 is 0.959 bits per heavy atom. The minimum Gasteiger partial charge on any atom is -0.593 e. The largest absolute Gasteiger partial charge is 0.593 e. The average molecular weight is 703 g/mol. The summed E-state index contributed by atoms with van der Waals surface area (Å²) in [4.78, 5) is 14.8. The highest BCUT2D eigenvalue weighted by Gasteiger charge is 2.30. The predicted molar refractivity (Wildman–Crippen MR) is 198 cm³/mol. The van der Waals surface area contributed by atoms with Crippen molar-refractivity contribution in [1.29, 1.82) is 0 Å². The lowest BCUT2D eigenvalue weighted by molar-refractivity contribution is -0.111. The van der Waals surface area contributed by atoms with E-state index in [9.17, 15) is 9.35 Å². The van der Waals surface area contributed by atoms with E-state index in [-0.39, 0.29) is 11.8 Å². The number of carbonyl (C=O) groups is 1. The van der Waals surface area contributed by atoms with Crippen LogP contribution in [0, 0.1) is 5.92 Å². The number of aldehydes is 1. The number of hydrogen-bond donors (Lipinski definition) is 0. The van der Waals surface area contributed by atoms with Crippen molar-refractivity contribution in [2.45, 2.75) is 63.4 Å². The smallest absolute Gasteiger partial charge is 0.176 e. The van der Waals surface area contributed by atoms with Gasteiger partial charge in [-0.15, -0.1) is 4.31 Å². The molecule has 1 heterocycles. The third-order valence-electron chi connectivity index (χ3n) is 9.17. The molecule has 4 aromatic carbocycles. The Bertz CT molecular complexity index is 1600. The van der Waals surface area contributed by atoms with Crippen LogP contribution in [0.25, 0.3) is 0 Å². The highest BCUT2D eigenvalue weighted by Crippen LogP contribution is 2.39. The molecule has 1 aliphatic rings. The summed E-state index contributed by atoms with van der Waals surface area (Å²) in [7, 11) is 3.29. The fraction of sp³-hybridized carbons (Fsp3) is 0.375. The van der Waals surface area contributed by atoms with Crippen LogP contribution in [0.5, 0.6) is 17.2 Å². The molecule has 0 amide bonds. The Balaban J connectivity index is 1.48. The molecule has 4 aromatic rings. The van der Waals surface area contributed by atoms with Crippen molar-refractivity contribution in [1.82, 2.24) is 4.31 Å². The number of carbonyl (C=O) groups excluding carboxylic acids is 1. The lowest BCUT2D eigenvalue weighted by atomic mass is 9.92. The number of benzene rings is 4. The molecular weight excluding hydrogens is 656 g/mol. The van der Waals surface area contributed by atoms with E-state index in [0.29, 0.717) is 37.7 Å². The first-order valence-corrected chi connectivity index (χ1v) is 18.5. The Morgan fingerprint density at radius 2 is 1.61 bits per heavy atom. The Kier molecular flexibility index (Phi) is 13.3. The van der Waals surface area contributed by atoms with Crippen molar-refractivity contribution in [3.05, 3.63) is 112 Å². The highest BCUT2D eigenvalue weighted by atomic mass is 35.5. The first-order chi connectivity index (χ1) is 23.8. The standard InChI is InChI=1S/C40H47ClN2O5S/c1-5-7-32-22-34(41)12-18-38(32)33-26-42(21-20-29(6-2)27-44)39-23-37(17-19-40(39)48-28-33)49(45)43(24-30-8-13-35(46-3)14-9-30)25-31-10-15-36(47-4)16-11-31/h8-19,22-23,27,29,33H,5-7,20-21,24-26,28H2,1-4H3. The van der Waals surface area contributed by atoms with Gasteiger partial charge in [-0.3, -0.25) is 0 Å². The van der Waals surface area contributed by atoms with Gasteiger partial charge in [-0.05, 0) is 90.0 Å². The van der Waals surface area contributed by atoms with E-state index in [1.807, 2.05) is 84.0 Å². The molecule has 0 aliphatic carbocycles. The molecule has 0 radical (unpaired) electrons. The molecule has 0 saturated carbocycles. The topological polar surface area (TPSA) is 74.3 Å². The Hall–Kier alpha value is -3.69. The van der Waals surface area contributed by atoms with Gasteiger partial charge in [0.1, 0.15) is 23.5 Å². The van der Waals surface area contributed by atoms with Gasteiger partial charge >= 0.3 is 0 Å². The van der Waals surface area contributed by atoms with E-state index < -0.39 is 11.4 Å². The van der Waals surface area contributed by atoms with Crippen LogP contribution in [0.3, 0.4) is 0 Å². The van der Waals surface area contributed by atoms with Crippen LogP contribution in [-0.4, -0.2) is 49.1 Å². The Morgan fingerprint density at radius 3 is 2.18 bits per heavy atom. The number of hydrogen-bond acceptors (Lipinski definition) is 7. The van der Waals surface area contributed by atoms with Gasteiger partial charge in [-0.2, -0.15) is 0 Å². The second kappa shape index (κ2) is 17.8. The third kappa shape index (κ3) is 9.51. The number of rotatable bonds is 16. The molecule has 0 saturated heterocycles. The molecule has 3 unspecified atom stereocenters. The van der Waals surface area contributed by atoms with Crippen molar-refractivity contribution < 1.29 is 23.6 Å². The van der Waals surface area contributed by atoms with Crippen molar-refractivity contribution in [3.8, 4) is 17.2 Å². The minimum absolute atomic E-state index is 0.0287. The van der Waals surface area contributed by atoms with Gasteiger partial charge in [0.2, 0.25) is 0 Å². The van der Waals surface area contributed by atoms with Crippen LogP contribution in [-0.2, 0) is 35.7 Å². The number of anilines is 1. The van der Waals surface area contributed by atoms with Gasteiger partial charge in [-0.1, -0.05) is 62.2 Å². The van der Waals surface area contributed by atoms with E-state index in [1.165, 1.54) is 11.1 Å². The van der Waals surface area contributed by atoms with E-state index >= 15 is 0 Å². The molecule has 9 heteroatoms. The summed E-state index contributed by atoms with van der Waals surface area (Å²) in [6.45, 7) is 7.06. The molecule has 0 spiro atoms. The highest BCUT2D eigenvalue weighted by molar-refractivity contribution is 7.89. The van der Waals surface area contributed by atoms with E-state index in [0.717, 1.165) is 71.1 Å². The summed E-state index contributed by atoms with van der Waals surface area (Å²) in [5.41, 5.74) is 5.42. The molecule has 1 aliphatic heterocycles. The number of ether oxygens (including phenoxy) is 3. The SMILES string of the molecule is CCCc1cc(Cl)ccc1C1COc2ccc([S+]([O-])N(Cc3ccc(OC)cc3)Cc3ccc(OC)cc3)cc2N(CCC(C=O)CC)C1. The Labute approximate surface area is 299 Å². The minimum atomic E-state index is -1.51. The van der Waals surface area contributed by atoms with Gasteiger partial charge in [-0.25, -0.2) is 0 Å². The number of methoxy groups -OCH3 is 2. The molecule has 49 heavy (non-hydrogen) atoms. The molecule has 5 rings (SSSR count). The number of fused-ring (bicyclic) bond motifs is 1. The van der Waals surface area contributed by atoms with Crippen LogP contribution >= 0.6 is 11.6 Å². The fourth-order valence-electron chi connectivity index (χ4n) is 6.32.